The number of benzene rings is 1. The van der Waals surface area contributed by atoms with Crippen LogP contribution >= 0.6 is 35.6 Å². The zero-order chi connectivity index (χ0) is 14.9. The molecular formula is C16H25ClIN3O. The average Bonchev–Trinajstić information content (AvgIpc) is 3.30. The lowest BCUT2D eigenvalue weighted by Gasteiger charge is -2.11. The summed E-state index contributed by atoms with van der Waals surface area (Å²) in [5, 5.41) is 7.27. The fourth-order valence-corrected chi connectivity index (χ4v) is 2.00. The quantitative estimate of drug-likeness (QED) is 0.283. The van der Waals surface area contributed by atoms with Crippen molar-refractivity contribution in [2.24, 2.45) is 10.9 Å². The SMILES string of the molecule is CCNC(=NCc1ccc(Cl)cc1)NCCOCC1CC1.I. The maximum atomic E-state index is 5.87. The normalized spacial score (nSPS) is 14.4. The summed E-state index contributed by atoms with van der Waals surface area (Å²) >= 11 is 5.87. The number of nitrogens with one attached hydrogen (secondary N) is 2. The topological polar surface area (TPSA) is 45.7 Å². The van der Waals surface area contributed by atoms with Crippen molar-refractivity contribution in [1.82, 2.24) is 10.6 Å². The van der Waals surface area contributed by atoms with Gasteiger partial charge in [-0.3, -0.25) is 0 Å². The van der Waals surface area contributed by atoms with Gasteiger partial charge in [0.05, 0.1) is 13.2 Å². The van der Waals surface area contributed by atoms with Gasteiger partial charge < -0.3 is 15.4 Å². The second-order valence-corrected chi connectivity index (χ2v) is 5.70. The van der Waals surface area contributed by atoms with E-state index in [0.717, 1.165) is 48.8 Å². The molecule has 1 saturated carbocycles. The number of ether oxygens (including phenoxy) is 1. The summed E-state index contributed by atoms with van der Waals surface area (Å²) < 4.78 is 5.60. The molecule has 4 nitrogen and oxygen atoms in total. The Kier molecular flexibility index (Phi) is 9.82. The van der Waals surface area contributed by atoms with Crippen LogP contribution in [0.2, 0.25) is 5.02 Å². The highest BCUT2D eigenvalue weighted by atomic mass is 127. The molecule has 1 aliphatic rings. The van der Waals surface area contributed by atoms with E-state index in [1.54, 1.807) is 0 Å². The zero-order valence-corrected chi connectivity index (χ0v) is 16.1. The molecule has 0 spiro atoms. The molecule has 0 heterocycles. The van der Waals surface area contributed by atoms with Gasteiger partial charge in [0.25, 0.3) is 0 Å². The Morgan fingerprint density at radius 2 is 2.00 bits per heavy atom. The molecule has 0 aromatic heterocycles. The van der Waals surface area contributed by atoms with E-state index in [1.165, 1.54) is 12.8 Å². The molecule has 22 heavy (non-hydrogen) atoms. The number of nitrogens with zero attached hydrogens (tertiary/aromatic N) is 1. The Morgan fingerprint density at radius 1 is 1.27 bits per heavy atom. The maximum Gasteiger partial charge on any atom is 0.191 e. The summed E-state index contributed by atoms with van der Waals surface area (Å²) in [6.07, 6.45) is 2.66. The summed E-state index contributed by atoms with van der Waals surface area (Å²) in [4.78, 5) is 4.55. The van der Waals surface area contributed by atoms with Gasteiger partial charge in [0, 0.05) is 24.7 Å². The number of aliphatic imine (C=N–C) groups is 1. The van der Waals surface area contributed by atoms with Crippen LogP contribution in [0.25, 0.3) is 0 Å². The second-order valence-electron chi connectivity index (χ2n) is 5.27. The number of hydrogen-bond donors (Lipinski definition) is 2. The number of halogens is 2. The number of hydrogen-bond acceptors (Lipinski definition) is 2. The molecule has 6 heteroatoms. The van der Waals surface area contributed by atoms with Gasteiger partial charge in [-0.25, -0.2) is 4.99 Å². The van der Waals surface area contributed by atoms with E-state index in [9.17, 15) is 0 Å². The van der Waals surface area contributed by atoms with E-state index < -0.39 is 0 Å². The summed E-state index contributed by atoms with van der Waals surface area (Å²) in [7, 11) is 0. The fraction of sp³-hybridized carbons (Fsp3) is 0.562. The molecule has 0 amide bonds. The van der Waals surface area contributed by atoms with Gasteiger partial charge in [-0.05, 0) is 43.4 Å². The van der Waals surface area contributed by atoms with Gasteiger partial charge in [0.1, 0.15) is 0 Å². The van der Waals surface area contributed by atoms with Crippen LogP contribution in [0.3, 0.4) is 0 Å². The van der Waals surface area contributed by atoms with Crippen molar-refractivity contribution < 1.29 is 4.74 Å². The van der Waals surface area contributed by atoms with Crippen molar-refractivity contribution in [3.05, 3.63) is 34.9 Å². The van der Waals surface area contributed by atoms with Crippen LogP contribution in [0.4, 0.5) is 0 Å². The lowest BCUT2D eigenvalue weighted by atomic mass is 10.2. The summed E-state index contributed by atoms with van der Waals surface area (Å²) in [6.45, 7) is 5.94. The molecule has 1 aliphatic carbocycles. The van der Waals surface area contributed by atoms with Gasteiger partial charge >= 0.3 is 0 Å². The fourth-order valence-electron chi connectivity index (χ4n) is 1.88. The Labute approximate surface area is 155 Å². The van der Waals surface area contributed by atoms with Crippen molar-refractivity contribution in [2.45, 2.75) is 26.3 Å². The van der Waals surface area contributed by atoms with Crippen LogP contribution in [0, 0.1) is 5.92 Å². The maximum absolute atomic E-state index is 5.87. The van der Waals surface area contributed by atoms with Crippen LogP contribution in [-0.4, -0.2) is 32.3 Å². The molecule has 0 saturated heterocycles. The molecular weight excluding hydrogens is 413 g/mol. The van der Waals surface area contributed by atoms with E-state index in [1.807, 2.05) is 24.3 Å². The summed E-state index contributed by atoms with van der Waals surface area (Å²) in [5.74, 6) is 1.64. The van der Waals surface area contributed by atoms with Crippen LogP contribution in [-0.2, 0) is 11.3 Å². The number of rotatable bonds is 8. The van der Waals surface area contributed by atoms with Gasteiger partial charge in [-0.2, -0.15) is 0 Å². The lowest BCUT2D eigenvalue weighted by molar-refractivity contribution is 0.129. The highest BCUT2D eigenvalue weighted by Gasteiger charge is 2.20. The predicted octanol–water partition coefficient (Wildman–Crippen LogP) is 3.44. The van der Waals surface area contributed by atoms with E-state index in [4.69, 9.17) is 16.3 Å². The highest BCUT2D eigenvalue weighted by Crippen LogP contribution is 2.28. The van der Waals surface area contributed by atoms with E-state index >= 15 is 0 Å². The Balaban J connectivity index is 0.00000242. The first-order chi connectivity index (χ1) is 10.3. The molecule has 1 aromatic rings. The first kappa shape index (κ1) is 19.5. The highest BCUT2D eigenvalue weighted by molar-refractivity contribution is 14.0. The van der Waals surface area contributed by atoms with Crippen LogP contribution in [0.15, 0.2) is 29.3 Å². The van der Waals surface area contributed by atoms with Gasteiger partial charge in [-0.15, -0.1) is 24.0 Å². The van der Waals surface area contributed by atoms with Crippen molar-refractivity contribution in [3.8, 4) is 0 Å². The third kappa shape index (κ3) is 8.19. The first-order valence-electron chi connectivity index (χ1n) is 7.62. The Morgan fingerprint density at radius 3 is 2.64 bits per heavy atom. The van der Waals surface area contributed by atoms with Crippen molar-refractivity contribution in [1.29, 1.82) is 0 Å². The third-order valence-corrected chi connectivity index (χ3v) is 3.52. The minimum Gasteiger partial charge on any atom is -0.379 e. The zero-order valence-electron chi connectivity index (χ0n) is 13.0. The Bertz CT molecular complexity index is 449. The summed E-state index contributed by atoms with van der Waals surface area (Å²) in [5.41, 5.74) is 1.14. The molecule has 1 fully saturated rings. The molecule has 1 aromatic carbocycles. The Hall–Kier alpha value is -0.530. The minimum atomic E-state index is 0. The minimum absolute atomic E-state index is 0. The van der Waals surface area contributed by atoms with Gasteiger partial charge in [-0.1, -0.05) is 23.7 Å². The van der Waals surface area contributed by atoms with Gasteiger partial charge in [0.2, 0.25) is 0 Å². The molecule has 0 aliphatic heterocycles. The lowest BCUT2D eigenvalue weighted by Crippen LogP contribution is -2.39. The van der Waals surface area contributed by atoms with Gasteiger partial charge in [0.15, 0.2) is 5.96 Å². The van der Waals surface area contributed by atoms with E-state index in [0.29, 0.717) is 6.54 Å². The molecule has 0 atom stereocenters. The summed E-state index contributed by atoms with van der Waals surface area (Å²) in [6, 6.07) is 7.76. The molecule has 0 bridgehead atoms. The van der Waals surface area contributed by atoms with Crippen LogP contribution in [0.1, 0.15) is 25.3 Å². The van der Waals surface area contributed by atoms with Crippen molar-refractivity contribution in [3.63, 3.8) is 0 Å². The molecule has 0 unspecified atom stereocenters. The smallest absolute Gasteiger partial charge is 0.191 e. The number of guanidine groups is 1. The first-order valence-corrected chi connectivity index (χ1v) is 8.00. The average molecular weight is 438 g/mol. The largest absolute Gasteiger partial charge is 0.379 e. The standard InChI is InChI=1S/C16H24ClN3O.HI/c1-2-18-16(19-9-10-21-12-14-3-4-14)20-11-13-5-7-15(17)8-6-13;/h5-8,14H,2-4,9-12H2,1H3,(H2,18,19,20);1H. The van der Waals surface area contributed by atoms with Crippen LogP contribution in [0.5, 0.6) is 0 Å². The molecule has 124 valence electrons. The monoisotopic (exact) mass is 437 g/mol. The van der Waals surface area contributed by atoms with Crippen LogP contribution < -0.4 is 10.6 Å². The molecule has 2 N–H and O–H groups in total. The molecule has 0 radical (unpaired) electrons. The van der Waals surface area contributed by atoms with Crippen molar-refractivity contribution in [2.75, 3.05) is 26.3 Å². The van der Waals surface area contributed by atoms with Crippen molar-refractivity contribution >= 4 is 41.5 Å². The van der Waals surface area contributed by atoms with E-state index in [-0.39, 0.29) is 24.0 Å². The third-order valence-electron chi connectivity index (χ3n) is 3.27. The predicted molar refractivity (Wildman–Crippen MR) is 103 cm³/mol. The van der Waals surface area contributed by atoms with E-state index in [2.05, 4.69) is 22.5 Å². The second kappa shape index (κ2) is 11.1. The molecule has 2 rings (SSSR count).